The van der Waals surface area contributed by atoms with Crippen molar-refractivity contribution in [3.8, 4) is 0 Å². The Morgan fingerprint density at radius 3 is 2.71 bits per heavy atom. The molecule has 1 aromatic rings. The maximum atomic E-state index is 12.6. The highest BCUT2D eigenvalue weighted by Gasteiger charge is 2.28. The van der Waals surface area contributed by atoms with E-state index < -0.39 is 4.92 Å². The van der Waals surface area contributed by atoms with E-state index in [1.807, 2.05) is 11.8 Å². The molecular weight excluding hydrogens is 270 g/mol. The fourth-order valence-corrected chi connectivity index (χ4v) is 2.90. The number of carbonyl (C=O) groups excluding carboxylic acids is 1. The predicted molar refractivity (Wildman–Crippen MR) is 81.5 cm³/mol. The van der Waals surface area contributed by atoms with Gasteiger partial charge in [0.1, 0.15) is 5.69 Å². The molecule has 1 aliphatic heterocycles. The molecule has 1 heterocycles. The molecule has 1 fully saturated rings. The minimum Gasteiger partial charge on any atom is -0.383 e. The summed E-state index contributed by atoms with van der Waals surface area (Å²) in [6, 6.07) is 4.76. The number of rotatable bonds is 3. The van der Waals surface area contributed by atoms with Crippen molar-refractivity contribution >= 4 is 17.3 Å². The van der Waals surface area contributed by atoms with Crippen molar-refractivity contribution in [1.82, 2.24) is 4.90 Å². The van der Waals surface area contributed by atoms with Crippen LogP contribution in [0.25, 0.3) is 0 Å². The number of piperidine rings is 1. The number of hydrogen-bond acceptors (Lipinski definition) is 4. The van der Waals surface area contributed by atoms with Crippen LogP contribution in [0.4, 0.5) is 11.4 Å². The first kappa shape index (κ1) is 15.3. The van der Waals surface area contributed by atoms with Gasteiger partial charge in [0, 0.05) is 31.3 Å². The summed E-state index contributed by atoms with van der Waals surface area (Å²) in [4.78, 5) is 25.0. The number of nitro benzene ring substituents is 1. The standard InChI is InChI=1S/C15H21N3O3/c1-10-6-7-17(11(2)8-10)15(19)12-4-5-13(16-3)14(9-12)18(20)21/h4-5,9-11,16H,6-8H2,1-3H3. The largest absolute Gasteiger partial charge is 0.383 e. The van der Waals surface area contributed by atoms with Crippen molar-refractivity contribution in [3.63, 3.8) is 0 Å². The Labute approximate surface area is 124 Å². The van der Waals surface area contributed by atoms with Crippen LogP contribution in [0.3, 0.4) is 0 Å². The third kappa shape index (κ3) is 3.15. The first-order valence-corrected chi connectivity index (χ1v) is 7.21. The van der Waals surface area contributed by atoms with Crippen molar-refractivity contribution in [1.29, 1.82) is 0 Å². The summed E-state index contributed by atoms with van der Waals surface area (Å²) in [7, 11) is 1.62. The molecule has 2 unspecified atom stereocenters. The number of hydrogen-bond donors (Lipinski definition) is 1. The lowest BCUT2D eigenvalue weighted by Gasteiger charge is -2.36. The van der Waals surface area contributed by atoms with Gasteiger partial charge in [-0.1, -0.05) is 6.92 Å². The van der Waals surface area contributed by atoms with Crippen molar-refractivity contribution in [3.05, 3.63) is 33.9 Å². The molecule has 0 aliphatic carbocycles. The Morgan fingerprint density at radius 2 is 2.14 bits per heavy atom. The molecule has 6 nitrogen and oxygen atoms in total. The van der Waals surface area contributed by atoms with Gasteiger partial charge in [-0.25, -0.2) is 0 Å². The fourth-order valence-electron chi connectivity index (χ4n) is 2.90. The summed E-state index contributed by atoms with van der Waals surface area (Å²) in [5.74, 6) is 0.491. The molecule has 2 rings (SSSR count). The van der Waals surface area contributed by atoms with Gasteiger partial charge < -0.3 is 10.2 Å². The molecule has 0 spiro atoms. The molecule has 0 bridgehead atoms. The van der Waals surface area contributed by atoms with Crippen molar-refractivity contribution in [2.24, 2.45) is 5.92 Å². The second-order valence-corrected chi connectivity index (χ2v) is 5.72. The van der Waals surface area contributed by atoms with E-state index in [2.05, 4.69) is 12.2 Å². The number of carbonyl (C=O) groups is 1. The summed E-state index contributed by atoms with van der Waals surface area (Å²) >= 11 is 0. The van der Waals surface area contributed by atoms with Gasteiger partial charge in [-0.2, -0.15) is 0 Å². The van der Waals surface area contributed by atoms with Crippen LogP contribution in [0.15, 0.2) is 18.2 Å². The minimum atomic E-state index is -0.468. The summed E-state index contributed by atoms with van der Waals surface area (Å²) in [5.41, 5.74) is 0.723. The minimum absolute atomic E-state index is 0.0682. The van der Waals surface area contributed by atoms with Crippen LogP contribution in [0.1, 0.15) is 37.0 Å². The maximum Gasteiger partial charge on any atom is 0.293 e. The van der Waals surface area contributed by atoms with E-state index in [1.165, 1.54) is 6.07 Å². The zero-order chi connectivity index (χ0) is 15.6. The number of nitro groups is 1. The van der Waals surface area contributed by atoms with Crippen molar-refractivity contribution < 1.29 is 9.72 Å². The highest BCUT2D eigenvalue weighted by Crippen LogP contribution is 2.28. The number of amides is 1. The maximum absolute atomic E-state index is 12.6. The number of likely N-dealkylation sites (tertiary alicyclic amines) is 1. The first-order chi connectivity index (χ1) is 9.93. The van der Waals surface area contributed by atoms with Crippen molar-refractivity contribution in [2.45, 2.75) is 32.7 Å². The molecule has 0 radical (unpaired) electrons. The lowest BCUT2D eigenvalue weighted by Crippen LogP contribution is -2.44. The van der Waals surface area contributed by atoms with Gasteiger partial charge in [-0.05, 0) is 37.8 Å². The zero-order valence-corrected chi connectivity index (χ0v) is 12.6. The molecule has 1 aliphatic rings. The Kier molecular flexibility index (Phi) is 4.45. The summed E-state index contributed by atoms with van der Waals surface area (Å²) in [6.07, 6.45) is 1.95. The van der Waals surface area contributed by atoms with Crippen LogP contribution in [-0.2, 0) is 0 Å². The zero-order valence-electron chi connectivity index (χ0n) is 12.6. The normalized spacial score (nSPS) is 22.0. The van der Waals surface area contributed by atoms with Gasteiger partial charge in [0.2, 0.25) is 0 Å². The van der Waals surface area contributed by atoms with E-state index in [1.54, 1.807) is 19.2 Å². The van der Waals surface area contributed by atoms with Gasteiger partial charge in [-0.3, -0.25) is 14.9 Å². The van der Waals surface area contributed by atoms with Gasteiger partial charge in [0.15, 0.2) is 0 Å². The van der Waals surface area contributed by atoms with Crippen LogP contribution in [0.2, 0.25) is 0 Å². The second-order valence-electron chi connectivity index (χ2n) is 5.72. The molecule has 2 atom stereocenters. The molecule has 0 saturated carbocycles. The molecule has 21 heavy (non-hydrogen) atoms. The van der Waals surface area contributed by atoms with Crippen LogP contribution in [0.5, 0.6) is 0 Å². The molecule has 0 aromatic heterocycles. The quantitative estimate of drug-likeness (QED) is 0.686. The average Bonchev–Trinajstić information content (AvgIpc) is 2.45. The number of anilines is 1. The molecule has 114 valence electrons. The molecule has 1 N–H and O–H groups in total. The van der Waals surface area contributed by atoms with Gasteiger partial charge >= 0.3 is 0 Å². The van der Waals surface area contributed by atoms with Crippen LogP contribution in [-0.4, -0.2) is 35.4 Å². The van der Waals surface area contributed by atoms with Crippen LogP contribution < -0.4 is 5.32 Å². The molecule has 1 amide bonds. The number of benzene rings is 1. The SMILES string of the molecule is CNc1ccc(C(=O)N2CCC(C)CC2C)cc1[N+](=O)[O-]. The predicted octanol–water partition coefficient (Wildman–Crippen LogP) is 2.90. The monoisotopic (exact) mass is 291 g/mol. The Hall–Kier alpha value is -2.11. The summed E-state index contributed by atoms with van der Waals surface area (Å²) in [5, 5.41) is 13.9. The fraction of sp³-hybridized carbons (Fsp3) is 0.533. The van der Waals surface area contributed by atoms with E-state index in [4.69, 9.17) is 0 Å². The summed E-state index contributed by atoms with van der Waals surface area (Å²) in [6.45, 7) is 4.93. The lowest BCUT2D eigenvalue weighted by atomic mass is 9.93. The molecule has 6 heteroatoms. The molecular formula is C15H21N3O3. The van der Waals surface area contributed by atoms with E-state index in [9.17, 15) is 14.9 Å². The Balaban J connectivity index is 2.27. The van der Waals surface area contributed by atoms with E-state index in [0.29, 0.717) is 23.7 Å². The van der Waals surface area contributed by atoms with Crippen LogP contribution in [0, 0.1) is 16.0 Å². The Bertz CT molecular complexity index is 559. The smallest absolute Gasteiger partial charge is 0.293 e. The van der Waals surface area contributed by atoms with E-state index in [-0.39, 0.29) is 17.6 Å². The van der Waals surface area contributed by atoms with Gasteiger partial charge in [-0.15, -0.1) is 0 Å². The van der Waals surface area contributed by atoms with E-state index >= 15 is 0 Å². The summed E-state index contributed by atoms with van der Waals surface area (Å²) < 4.78 is 0. The third-order valence-electron chi connectivity index (χ3n) is 4.11. The van der Waals surface area contributed by atoms with Gasteiger partial charge in [0.25, 0.3) is 11.6 Å². The lowest BCUT2D eigenvalue weighted by molar-refractivity contribution is -0.384. The second kappa shape index (κ2) is 6.11. The first-order valence-electron chi connectivity index (χ1n) is 7.21. The highest BCUT2D eigenvalue weighted by atomic mass is 16.6. The van der Waals surface area contributed by atoms with Crippen LogP contribution >= 0.6 is 0 Å². The number of nitrogens with zero attached hydrogens (tertiary/aromatic N) is 2. The number of nitrogens with one attached hydrogen (secondary N) is 1. The highest BCUT2D eigenvalue weighted by molar-refractivity contribution is 5.96. The average molecular weight is 291 g/mol. The van der Waals surface area contributed by atoms with E-state index in [0.717, 1.165) is 12.8 Å². The molecule has 1 saturated heterocycles. The topological polar surface area (TPSA) is 75.5 Å². The third-order valence-corrected chi connectivity index (χ3v) is 4.11. The Morgan fingerprint density at radius 1 is 1.43 bits per heavy atom. The molecule has 1 aromatic carbocycles. The van der Waals surface area contributed by atoms with Gasteiger partial charge in [0.05, 0.1) is 4.92 Å². The van der Waals surface area contributed by atoms with Crippen molar-refractivity contribution in [2.75, 3.05) is 18.9 Å².